The number of hydrogen-bond acceptors (Lipinski definition) is 1. The van der Waals surface area contributed by atoms with Crippen LogP contribution < -0.4 is 5.69 Å². The first-order chi connectivity index (χ1) is 5.81. The van der Waals surface area contributed by atoms with Crippen molar-refractivity contribution in [2.75, 3.05) is 0 Å². The molecule has 3 nitrogen and oxygen atoms in total. The van der Waals surface area contributed by atoms with E-state index in [0.717, 1.165) is 0 Å². The van der Waals surface area contributed by atoms with Gasteiger partial charge in [-0.2, -0.15) is 13.2 Å². The Morgan fingerprint density at radius 1 is 1.38 bits per heavy atom. The molecule has 6 heteroatoms. The Kier molecular flexibility index (Phi) is 2.23. The molecule has 1 heterocycles. The summed E-state index contributed by atoms with van der Waals surface area (Å²) in [7, 11) is 0. The molecular formula is C7H9F3N2O. The average Bonchev–Trinajstić information content (AvgIpc) is 2.14. The van der Waals surface area contributed by atoms with E-state index in [4.69, 9.17) is 0 Å². The number of alkyl halides is 3. The lowest BCUT2D eigenvalue weighted by Crippen LogP contribution is -2.27. The first-order valence-electron chi connectivity index (χ1n) is 3.64. The molecule has 0 radical (unpaired) electrons. The largest absolute Gasteiger partial charge is 0.406 e. The van der Waals surface area contributed by atoms with Crippen LogP contribution >= 0.6 is 0 Å². The van der Waals surface area contributed by atoms with Crippen molar-refractivity contribution in [1.29, 1.82) is 0 Å². The van der Waals surface area contributed by atoms with Gasteiger partial charge in [0.1, 0.15) is 6.54 Å². The Bertz CT molecular complexity index is 361. The van der Waals surface area contributed by atoms with Crippen molar-refractivity contribution in [2.24, 2.45) is 0 Å². The van der Waals surface area contributed by atoms with Crippen LogP contribution in [0, 0.1) is 13.8 Å². The highest BCUT2D eigenvalue weighted by Crippen LogP contribution is 2.17. The maximum atomic E-state index is 11.9. The topological polar surface area (TPSA) is 37.8 Å². The number of aromatic nitrogens is 2. The van der Waals surface area contributed by atoms with Crippen LogP contribution in [-0.2, 0) is 6.54 Å². The van der Waals surface area contributed by atoms with Crippen LogP contribution in [0.4, 0.5) is 13.2 Å². The molecule has 1 N–H and O–H groups in total. The molecule has 0 unspecified atom stereocenters. The van der Waals surface area contributed by atoms with Crippen LogP contribution in [0.2, 0.25) is 0 Å². The Morgan fingerprint density at radius 3 is 2.23 bits per heavy atom. The maximum absolute atomic E-state index is 11.9. The van der Waals surface area contributed by atoms with E-state index in [1.54, 1.807) is 6.92 Å². The van der Waals surface area contributed by atoms with Gasteiger partial charge in [-0.15, -0.1) is 0 Å². The quantitative estimate of drug-likeness (QED) is 0.720. The fourth-order valence-electron chi connectivity index (χ4n) is 1.04. The number of imidazole rings is 1. The molecule has 0 amide bonds. The van der Waals surface area contributed by atoms with Crippen LogP contribution in [0.15, 0.2) is 4.79 Å². The fourth-order valence-corrected chi connectivity index (χ4v) is 1.04. The Labute approximate surface area is 72.2 Å². The minimum absolute atomic E-state index is 0.322. The zero-order chi connectivity index (χ0) is 10.2. The van der Waals surface area contributed by atoms with Gasteiger partial charge < -0.3 is 4.98 Å². The van der Waals surface area contributed by atoms with E-state index in [1.165, 1.54) is 6.92 Å². The summed E-state index contributed by atoms with van der Waals surface area (Å²) in [6.07, 6.45) is -4.36. The number of aromatic amines is 1. The highest BCUT2D eigenvalue weighted by Gasteiger charge is 2.29. The predicted molar refractivity (Wildman–Crippen MR) is 40.6 cm³/mol. The van der Waals surface area contributed by atoms with E-state index in [9.17, 15) is 18.0 Å². The van der Waals surface area contributed by atoms with Crippen molar-refractivity contribution in [1.82, 2.24) is 9.55 Å². The molecule has 1 aromatic heterocycles. The van der Waals surface area contributed by atoms with E-state index < -0.39 is 18.4 Å². The summed E-state index contributed by atoms with van der Waals surface area (Å²) in [4.78, 5) is 13.3. The van der Waals surface area contributed by atoms with Crippen LogP contribution in [-0.4, -0.2) is 15.7 Å². The molecule has 13 heavy (non-hydrogen) atoms. The zero-order valence-corrected chi connectivity index (χ0v) is 7.20. The van der Waals surface area contributed by atoms with Gasteiger partial charge in [-0.05, 0) is 13.8 Å². The fraction of sp³-hybridized carbons (Fsp3) is 0.571. The normalized spacial score (nSPS) is 12.1. The molecule has 0 aromatic carbocycles. The summed E-state index contributed by atoms with van der Waals surface area (Å²) in [5, 5.41) is 0. The number of H-pyrrole nitrogens is 1. The molecule has 1 rings (SSSR count). The van der Waals surface area contributed by atoms with Crippen LogP contribution in [0.3, 0.4) is 0 Å². The lowest BCUT2D eigenvalue weighted by atomic mass is 10.4. The third-order valence-corrected chi connectivity index (χ3v) is 1.82. The lowest BCUT2D eigenvalue weighted by Gasteiger charge is -2.07. The van der Waals surface area contributed by atoms with Crippen molar-refractivity contribution in [2.45, 2.75) is 26.6 Å². The summed E-state index contributed by atoms with van der Waals surface area (Å²) in [5.74, 6) is 0. The van der Waals surface area contributed by atoms with Crippen molar-refractivity contribution in [3.8, 4) is 0 Å². The third-order valence-electron chi connectivity index (χ3n) is 1.82. The van der Waals surface area contributed by atoms with Crippen LogP contribution in [0.1, 0.15) is 11.4 Å². The second kappa shape index (κ2) is 2.93. The Balaban J connectivity index is 3.08. The van der Waals surface area contributed by atoms with E-state index in [2.05, 4.69) is 4.98 Å². The molecule has 0 aliphatic carbocycles. The molecule has 0 aliphatic heterocycles. The maximum Gasteiger partial charge on any atom is 0.406 e. The zero-order valence-electron chi connectivity index (χ0n) is 7.20. The van der Waals surface area contributed by atoms with Gasteiger partial charge in [-0.25, -0.2) is 4.79 Å². The van der Waals surface area contributed by atoms with Crippen molar-refractivity contribution in [3.63, 3.8) is 0 Å². The Morgan fingerprint density at radius 2 is 1.92 bits per heavy atom. The second-order valence-corrected chi connectivity index (χ2v) is 2.84. The van der Waals surface area contributed by atoms with E-state index >= 15 is 0 Å². The van der Waals surface area contributed by atoms with Gasteiger partial charge in [0, 0.05) is 11.4 Å². The highest BCUT2D eigenvalue weighted by molar-refractivity contribution is 5.08. The molecule has 0 saturated carbocycles. The van der Waals surface area contributed by atoms with Crippen molar-refractivity contribution >= 4 is 0 Å². The van der Waals surface area contributed by atoms with Crippen molar-refractivity contribution in [3.05, 3.63) is 21.9 Å². The van der Waals surface area contributed by atoms with Gasteiger partial charge in [-0.1, -0.05) is 0 Å². The minimum atomic E-state index is -4.36. The third kappa shape index (κ3) is 2.13. The summed E-state index contributed by atoms with van der Waals surface area (Å²) in [6.45, 7) is 1.80. The molecule has 0 atom stereocenters. The SMILES string of the molecule is Cc1[nH]c(=O)n(CC(F)(F)F)c1C. The van der Waals surface area contributed by atoms with E-state index in [0.29, 0.717) is 16.0 Å². The molecule has 0 bridgehead atoms. The summed E-state index contributed by atoms with van der Waals surface area (Å²) < 4.78 is 36.5. The highest BCUT2D eigenvalue weighted by atomic mass is 19.4. The summed E-state index contributed by atoms with van der Waals surface area (Å²) >= 11 is 0. The smallest absolute Gasteiger partial charge is 0.310 e. The number of halogens is 3. The number of hydrogen-bond donors (Lipinski definition) is 1. The predicted octanol–water partition coefficient (Wildman–Crippen LogP) is 1.36. The van der Waals surface area contributed by atoms with Crippen LogP contribution in [0.25, 0.3) is 0 Å². The Hall–Kier alpha value is -1.20. The number of rotatable bonds is 1. The molecule has 0 spiro atoms. The van der Waals surface area contributed by atoms with Gasteiger partial charge in [0.05, 0.1) is 0 Å². The first-order valence-corrected chi connectivity index (χ1v) is 3.64. The van der Waals surface area contributed by atoms with E-state index in [1.807, 2.05) is 0 Å². The van der Waals surface area contributed by atoms with Gasteiger partial charge in [-0.3, -0.25) is 4.57 Å². The van der Waals surface area contributed by atoms with Gasteiger partial charge >= 0.3 is 11.9 Å². The van der Waals surface area contributed by atoms with Gasteiger partial charge in [0.2, 0.25) is 0 Å². The minimum Gasteiger partial charge on any atom is -0.310 e. The molecule has 1 aromatic rings. The molecular weight excluding hydrogens is 185 g/mol. The number of nitrogens with one attached hydrogen (secondary N) is 1. The summed E-state index contributed by atoms with van der Waals surface area (Å²) in [6, 6.07) is 0. The van der Waals surface area contributed by atoms with Crippen LogP contribution in [0.5, 0.6) is 0 Å². The summed E-state index contributed by atoms with van der Waals surface area (Å²) in [5.41, 5.74) is 0.0731. The van der Waals surface area contributed by atoms with E-state index in [-0.39, 0.29) is 0 Å². The molecule has 0 aliphatic rings. The van der Waals surface area contributed by atoms with Crippen molar-refractivity contribution < 1.29 is 13.2 Å². The molecule has 74 valence electrons. The number of nitrogens with zero attached hydrogens (tertiary/aromatic N) is 1. The average molecular weight is 194 g/mol. The molecule has 0 fully saturated rings. The standard InChI is InChI=1S/C7H9F3N2O/c1-4-5(2)12(6(13)11-4)3-7(8,9)10/h3H2,1-2H3,(H,11,13). The molecule has 0 saturated heterocycles. The number of aryl methyl sites for hydroxylation is 1. The second-order valence-electron chi connectivity index (χ2n) is 2.84. The van der Waals surface area contributed by atoms with Gasteiger partial charge in [0.15, 0.2) is 0 Å². The van der Waals surface area contributed by atoms with Gasteiger partial charge in [0.25, 0.3) is 0 Å². The monoisotopic (exact) mass is 194 g/mol. The first kappa shape index (κ1) is 9.88. The lowest BCUT2D eigenvalue weighted by molar-refractivity contribution is -0.141.